The highest BCUT2D eigenvalue weighted by Gasteiger charge is 2.05. The van der Waals surface area contributed by atoms with Gasteiger partial charge in [-0.3, -0.25) is 0 Å². The first-order valence-electron chi connectivity index (χ1n) is 6.09. The molecule has 0 saturated carbocycles. The number of aromatic nitrogens is 3. The summed E-state index contributed by atoms with van der Waals surface area (Å²) in [5.41, 5.74) is 1.09. The molecule has 0 aliphatic heterocycles. The van der Waals surface area contributed by atoms with Crippen LogP contribution in [0.1, 0.15) is 5.56 Å². The molecule has 7 nitrogen and oxygen atoms in total. The number of nitrogens with zero attached hydrogens (tertiary/aromatic N) is 3. The third kappa shape index (κ3) is 3.47. The van der Waals surface area contributed by atoms with E-state index in [1.807, 2.05) is 24.3 Å². The monoisotopic (exact) mass is 275 g/mol. The highest BCUT2D eigenvalue weighted by Crippen LogP contribution is 2.14. The molecule has 106 valence electrons. The average molecular weight is 275 g/mol. The minimum absolute atomic E-state index is 0.265. The zero-order valence-electron chi connectivity index (χ0n) is 11.7. The maximum absolute atomic E-state index is 5.11. The maximum atomic E-state index is 5.11. The number of benzene rings is 1. The van der Waals surface area contributed by atoms with Crippen LogP contribution in [0.15, 0.2) is 24.3 Å². The minimum Gasteiger partial charge on any atom is -0.497 e. The van der Waals surface area contributed by atoms with Gasteiger partial charge in [-0.15, -0.1) is 0 Å². The van der Waals surface area contributed by atoms with E-state index in [4.69, 9.17) is 9.47 Å². The Labute approximate surface area is 117 Å². The summed E-state index contributed by atoms with van der Waals surface area (Å²) in [5, 5.41) is 5.98. The van der Waals surface area contributed by atoms with E-state index in [1.54, 1.807) is 14.2 Å². The van der Waals surface area contributed by atoms with Crippen molar-refractivity contribution in [2.24, 2.45) is 0 Å². The molecular weight excluding hydrogens is 258 g/mol. The highest BCUT2D eigenvalue weighted by molar-refractivity contribution is 5.37. The number of ether oxygens (including phenoxy) is 2. The molecule has 0 amide bonds. The molecule has 0 bridgehead atoms. The van der Waals surface area contributed by atoms with E-state index in [2.05, 4.69) is 25.6 Å². The number of nitrogens with one attached hydrogen (secondary N) is 2. The van der Waals surface area contributed by atoms with E-state index in [-0.39, 0.29) is 6.01 Å². The number of rotatable bonds is 6. The maximum Gasteiger partial charge on any atom is 0.322 e. The largest absolute Gasteiger partial charge is 0.497 e. The van der Waals surface area contributed by atoms with Gasteiger partial charge in [0.2, 0.25) is 11.9 Å². The molecule has 0 spiro atoms. The number of hydrogen-bond acceptors (Lipinski definition) is 7. The normalized spacial score (nSPS) is 9.95. The summed E-state index contributed by atoms with van der Waals surface area (Å²) < 4.78 is 10.1. The van der Waals surface area contributed by atoms with Crippen LogP contribution in [-0.4, -0.2) is 36.2 Å². The summed E-state index contributed by atoms with van der Waals surface area (Å²) in [6.45, 7) is 0.598. The van der Waals surface area contributed by atoms with Crippen LogP contribution in [0.5, 0.6) is 11.8 Å². The summed E-state index contributed by atoms with van der Waals surface area (Å²) in [6, 6.07) is 8.03. The zero-order chi connectivity index (χ0) is 14.4. The lowest BCUT2D eigenvalue weighted by atomic mass is 10.2. The second-order valence-corrected chi connectivity index (χ2v) is 3.92. The molecule has 2 rings (SSSR count). The van der Waals surface area contributed by atoms with Gasteiger partial charge in [0.15, 0.2) is 0 Å². The minimum atomic E-state index is 0.265. The molecule has 1 aromatic heterocycles. The Morgan fingerprint density at radius 2 is 1.65 bits per heavy atom. The van der Waals surface area contributed by atoms with Crippen LogP contribution in [0.2, 0.25) is 0 Å². The van der Waals surface area contributed by atoms with E-state index in [0.29, 0.717) is 18.4 Å². The lowest BCUT2D eigenvalue weighted by Gasteiger charge is -2.08. The first kappa shape index (κ1) is 13.9. The molecule has 0 unspecified atom stereocenters. The fourth-order valence-corrected chi connectivity index (χ4v) is 1.56. The Morgan fingerprint density at radius 1 is 0.950 bits per heavy atom. The van der Waals surface area contributed by atoms with Gasteiger partial charge in [-0.2, -0.15) is 15.0 Å². The molecule has 0 fully saturated rings. The molecule has 0 saturated heterocycles. The van der Waals surface area contributed by atoms with Crippen LogP contribution in [0.4, 0.5) is 11.9 Å². The molecule has 0 aliphatic rings. The molecular formula is C13H17N5O2. The predicted molar refractivity (Wildman–Crippen MR) is 76.2 cm³/mol. The number of anilines is 2. The average Bonchev–Trinajstić information content (AvgIpc) is 2.53. The summed E-state index contributed by atoms with van der Waals surface area (Å²) in [6.07, 6.45) is 0. The third-order valence-corrected chi connectivity index (χ3v) is 2.63. The zero-order valence-corrected chi connectivity index (χ0v) is 11.7. The Balaban J connectivity index is 2.05. The predicted octanol–water partition coefficient (Wildman–Crippen LogP) is 1.54. The molecule has 20 heavy (non-hydrogen) atoms. The van der Waals surface area contributed by atoms with Crippen LogP contribution in [0.25, 0.3) is 0 Å². The Kier molecular flexibility index (Phi) is 4.54. The molecule has 7 heteroatoms. The molecule has 0 radical (unpaired) electrons. The van der Waals surface area contributed by atoms with Crippen molar-refractivity contribution in [3.05, 3.63) is 29.8 Å². The standard InChI is InChI=1S/C13H17N5O2/c1-14-11-16-12(18-13(17-11)20-3)15-8-9-4-6-10(19-2)7-5-9/h4-7H,8H2,1-3H3,(H2,14,15,16,17,18). The van der Waals surface area contributed by atoms with Gasteiger partial charge < -0.3 is 20.1 Å². The SMILES string of the molecule is CNc1nc(NCc2ccc(OC)cc2)nc(OC)n1. The van der Waals surface area contributed by atoms with Crippen molar-refractivity contribution >= 4 is 11.9 Å². The van der Waals surface area contributed by atoms with Gasteiger partial charge in [0, 0.05) is 13.6 Å². The van der Waals surface area contributed by atoms with Crippen LogP contribution in [0, 0.1) is 0 Å². The fraction of sp³-hybridized carbons (Fsp3) is 0.308. The molecule has 2 N–H and O–H groups in total. The van der Waals surface area contributed by atoms with Gasteiger partial charge in [-0.05, 0) is 17.7 Å². The molecule has 2 aromatic rings. The molecule has 1 heterocycles. The summed E-state index contributed by atoms with van der Waals surface area (Å²) in [4.78, 5) is 12.4. The smallest absolute Gasteiger partial charge is 0.322 e. The van der Waals surface area contributed by atoms with E-state index in [1.165, 1.54) is 7.11 Å². The molecule has 1 aromatic carbocycles. The summed E-state index contributed by atoms with van der Waals surface area (Å²) in [7, 11) is 4.90. The second kappa shape index (κ2) is 6.55. The van der Waals surface area contributed by atoms with Crippen molar-refractivity contribution in [3.8, 4) is 11.8 Å². The van der Waals surface area contributed by atoms with Crippen molar-refractivity contribution in [2.75, 3.05) is 31.9 Å². The molecule has 0 atom stereocenters. The van der Waals surface area contributed by atoms with Gasteiger partial charge in [-0.1, -0.05) is 12.1 Å². The first-order chi connectivity index (χ1) is 9.75. The van der Waals surface area contributed by atoms with Crippen molar-refractivity contribution in [1.82, 2.24) is 15.0 Å². The van der Waals surface area contributed by atoms with E-state index in [9.17, 15) is 0 Å². The third-order valence-electron chi connectivity index (χ3n) is 2.63. The lowest BCUT2D eigenvalue weighted by Crippen LogP contribution is -2.08. The van der Waals surface area contributed by atoms with Gasteiger partial charge in [0.05, 0.1) is 14.2 Å². The van der Waals surface area contributed by atoms with Crippen LogP contribution < -0.4 is 20.1 Å². The Morgan fingerprint density at radius 3 is 2.25 bits per heavy atom. The van der Waals surface area contributed by atoms with Gasteiger partial charge in [0.25, 0.3) is 0 Å². The van der Waals surface area contributed by atoms with Gasteiger partial charge >= 0.3 is 6.01 Å². The number of methoxy groups -OCH3 is 2. The van der Waals surface area contributed by atoms with Gasteiger partial charge in [0.1, 0.15) is 5.75 Å². The van der Waals surface area contributed by atoms with E-state index < -0.39 is 0 Å². The summed E-state index contributed by atoms with van der Waals surface area (Å²) >= 11 is 0. The quantitative estimate of drug-likeness (QED) is 0.827. The highest BCUT2D eigenvalue weighted by atomic mass is 16.5. The Hall–Kier alpha value is -2.57. The van der Waals surface area contributed by atoms with Crippen molar-refractivity contribution in [2.45, 2.75) is 6.54 Å². The number of hydrogen-bond donors (Lipinski definition) is 2. The lowest BCUT2D eigenvalue weighted by molar-refractivity contribution is 0.379. The first-order valence-corrected chi connectivity index (χ1v) is 6.09. The van der Waals surface area contributed by atoms with Gasteiger partial charge in [-0.25, -0.2) is 0 Å². The summed E-state index contributed by atoms with van der Waals surface area (Å²) in [5.74, 6) is 1.74. The molecule has 0 aliphatic carbocycles. The van der Waals surface area contributed by atoms with Crippen LogP contribution in [0.3, 0.4) is 0 Å². The second-order valence-electron chi connectivity index (χ2n) is 3.92. The van der Waals surface area contributed by atoms with E-state index in [0.717, 1.165) is 11.3 Å². The Bertz CT molecular complexity index is 537. The van der Waals surface area contributed by atoms with Crippen molar-refractivity contribution < 1.29 is 9.47 Å². The van der Waals surface area contributed by atoms with Crippen molar-refractivity contribution in [3.63, 3.8) is 0 Å². The van der Waals surface area contributed by atoms with Crippen LogP contribution >= 0.6 is 0 Å². The topological polar surface area (TPSA) is 81.2 Å². The van der Waals surface area contributed by atoms with Crippen LogP contribution in [-0.2, 0) is 6.54 Å². The fourth-order valence-electron chi connectivity index (χ4n) is 1.56. The van der Waals surface area contributed by atoms with E-state index >= 15 is 0 Å². The van der Waals surface area contributed by atoms with Crippen molar-refractivity contribution in [1.29, 1.82) is 0 Å².